The minimum Gasteiger partial charge on any atom is -0.436 e. The number of alkyl halides is 2. The standard InChI is InChI=1S/C18H17F2N3O4S2/c1-28-16-22-13(12-6-7-18(19,20)14(12)23-16)10-2-4-11(5-3-10)17(27-15(21)24)8-29(25,26)9-17/h2-5H,6-9H2,1H3,(H2,21,24). The number of rotatable bonds is 4. The molecule has 0 bridgehead atoms. The van der Waals surface area contributed by atoms with Crippen molar-refractivity contribution in [1.82, 2.24) is 9.97 Å². The maximum atomic E-state index is 14.2. The lowest BCUT2D eigenvalue weighted by atomic mass is 9.94. The first-order chi connectivity index (χ1) is 13.6. The van der Waals surface area contributed by atoms with E-state index in [4.69, 9.17) is 10.5 Å². The largest absolute Gasteiger partial charge is 0.436 e. The molecule has 4 rings (SSSR count). The number of hydrogen-bond acceptors (Lipinski definition) is 7. The molecule has 0 unspecified atom stereocenters. The van der Waals surface area contributed by atoms with Gasteiger partial charge in [-0.3, -0.25) is 0 Å². The Kier molecular flexibility index (Phi) is 4.57. The van der Waals surface area contributed by atoms with Crippen LogP contribution in [0.15, 0.2) is 29.4 Å². The topological polar surface area (TPSA) is 112 Å². The fourth-order valence-electron chi connectivity index (χ4n) is 3.81. The quantitative estimate of drug-likeness (QED) is 0.573. The molecule has 1 saturated heterocycles. The van der Waals surface area contributed by atoms with Crippen LogP contribution in [0.5, 0.6) is 0 Å². The summed E-state index contributed by atoms with van der Waals surface area (Å²) in [5.41, 5.74) is 5.44. The number of primary amides is 1. The summed E-state index contributed by atoms with van der Waals surface area (Å²) >= 11 is 1.18. The van der Waals surface area contributed by atoms with Gasteiger partial charge in [0.15, 0.2) is 20.6 Å². The van der Waals surface area contributed by atoms with Gasteiger partial charge in [-0.15, -0.1) is 0 Å². The van der Waals surface area contributed by atoms with Crippen LogP contribution in [0.4, 0.5) is 13.6 Å². The van der Waals surface area contributed by atoms with Crippen molar-refractivity contribution in [3.63, 3.8) is 0 Å². The van der Waals surface area contributed by atoms with Gasteiger partial charge in [-0.05, 0) is 18.2 Å². The number of carbonyl (C=O) groups is 1. The molecule has 2 aliphatic rings. The zero-order chi connectivity index (χ0) is 21.0. The number of nitrogens with two attached hydrogens (primary N) is 1. The van der Waals surface area contributed by atoms with Crippen LogP contribution in [0.2, 0.25) is 0 Å². The third-order valence-corrected chi connectivity index (χ3v) is 7.45. The molecule has 1 aromatic heterocycles. The number of fused-ring (bicyclic) bond motifs is 1. The second kappa shape index (κ2) is 6.63. The summed E-state index contributed by atoms with van der Waals surface area (Å²) in [6.07, 6.45) is 0.502. The maximum Gasteiger partial charge on any atom is 0.405 e. The fraction of sp³-hybridized carbons (Fsp3) is 0.389. The number of halogens is 2. The number of carbonyl (C=O) groups excluding carboxylic acids is 1. The van der Waals surface area contributed by atoms with E-state index in [1.807, 2.05) is 0 Å². The zero-order valence-electron chi connectivity index (χ0n) is 15.3. The van der Waals surface area contributed by atoms with Crippen LogP contribution in [-0.2, 0) is 32.5 Å². The van der Waals surface area contributed by atoms with E-state index in [1.54, 1.807) is 30.5 Å². The van der Waals surface area contributed by atoms with Gasteiger partial charge in [0.25, 0.3) is 5.92 Å². The van der Waals surface area contributed by atoms with Crippen molar-refractivity contribution in [3.05, 3.63) is 41.1 Å². The van der Waals surface area contributed by atoms with Crippen molar-refractivity contribution in [2.24, 2.45) is 5.73 Å². The third-order valence-electron chi connectivity index (χ3n) is 5.09. The van der Waals surface area contributed by atoms with Crippen molar-refractivity contribution < 1.29 is 26.7 Å². The van der Waals surface area contributed by atoms with Crippen LogP contribution >= 0.6 is 11.8 Å². The highest BCUT2D eigenvalue weighted by Crippen LogP contribution is 2.44. The van der Waals surface area contributed by atoms with Gasteiger partial charge in [-0.1, -0.05) is 36.0 Å². The number of amides is 1. The molecule has 0 saturated carbocycles. The van der Waals surface area contributed by atoms with Crippen molar-refractivity contribution in [2.45, 2.75) is 29.5 Å². The molecule has 1 amide bonds. The second-order valence-electron chi connectivity index (χ2n) is 7.12. The normalized spacial score (nSPS) is 20.5. The number of hydrogen-bond donors (Lipinski definition) is 1. The summed E-state index contributed by atoms with van der Waals surface area (Å²) in [4.78, 5) is 19.7. The molecule has 1 aliphatic heterocycles. The summed E-state index contributed by atoms with van der Waals surface area (Å²) in [6.45, 7) is 0. The Bertz CT molecular complexity index is 1090. The highest BCUT2D eigenvalue weighted by Gasteiger charge is 2.53. The molecule has 11 heteroatoms. The number of sulfone groups is 1. The van der Waals surface area contributed by atoms with E-state index in [9.17, 15) is 22.0 Å². The third kappa shape index (κ3) is 3.46. The number of nitrogens with zero attached hydrogens (tertiary/aromatic N) is 2. The lowest BCUT2D eigenvalue weighted by molar-refractivity contribution is -0.00651. The first kappa shape index (κ1) is 20.0. The van der Waals surface area contributed by atoms with E-state index in [1.165, 1.54) is 11.8 Å². The Morgan fingerprint density at radius 1 is 1.21 bits per heavy atom. The maximum absolute atomic E-state index is 14.2. The number of ether oxygens (including phenoxy) is 1. The molecule has 2 N–H and O–H groups in total. The number of benzene rings is 1. The number of aromatic nitrogens is 2. The predicted molar refractivity (Wildman–Crippen MR) is 102 cm³/mol. The highest BCUT2D eigenvalue weighted by atomic mass is 32.2. The van der Waals surface area contributed by atoms with E-state index in [-0.39, 0.29) is 35.2 Å². The van der Waals surface area contributed by atoms with Gasteiger partial charge in [-0.2, -0.15) is 8.78 Å². The Labute approximate surface area is 170 Å². The van der Waals surface area contributed by atoms with Gasteiger partial charge in [-0.25, -0.2) is 23.2 Å². The van der Waals surface area contributed by atoms with Crippen molar-refractivity contribution in [2.75, 3.05) is 17.8 Å². The average molecular weight is 441 g/mol. The van der Waals surface area contributed by atoms with Crippen LogP contribution in [0.25, 0.3) is 11.3 Å². The van der Waals surface area contributed by atoms with E-state index in [0.717, 1.165) is 0 Å². The molecule has 1 fully saturated rings. The average Bonchev–Trinajstić information content (AvgIpc) is 2.94. The fourth-order valence-corrected chi connectivity index (χ4v) is 5.96. The smallest absolute Gasteiger partial charge is 0.405 e. The van der Waals surface area contributed by atoms with Gasteiger partial charge in [0.05, 0.1) is 17.2 Å². The van der Waals surface area contributed by atoms with E-state index in [2.05, 4.69) is 9.97 Å². The number of thioether (sulfide) groups is 1. The van der Waals surface area contributed by atoms with Crippen molar-refractivity contribution >= 4 is 27.7 Å². The predicted octanol–water partition coefficient (Wildman–Crippen LogP) is 2.62. The molecule has 0 atom stereocenters. The second-order valence-corrected chi connectivity index (χ2v) is 9.95. The van der Waals surface area contributed by atoms with Crippen LogP contribution in [0, 0.1) is 0 Å². The van der Waals surface area contributed by atoms with E-state index in [0.29, 0.717) is 22.4 Å². The molecule has 7 nitrogen and oxygen atoms in total. The molecule has 0 spiro atoms. The zero-order valence-corrected chi connectivity index (χ0v) is 16.9. The monoisotopic (exact) mass is 441 g/mol. The Morgan fingerprint density at radius 2 is 1.86 bits per heavy atom. The lowest BCUT2D eigenvalue weighted by Crippen LogP contribution is -2.55. The molecule has 0 radical (unpaired) electrons. The highest BCUT2D eigenvalue weighted by molar-refractivity contribution is 7.98. The summed E-state index contributed by atoms with van der Waals surface area (Å²) in [5.74, 6) is -3.70. The van der Waals surface area contributed by atoms with Gasteiger partial charge in [0, 0.05) is 17.5 Å². The summed E-state index contributed by atoms with van der Waals surface area (Å²) < 4.78 is 56.9. The molecular formula is C18H17F2N3O4S2. The summed E-state index contributed by atoms with van der Waals surface area (Å²) in [5, 5.41) is 0.253. The molecule has 1 aromatic carbocycles. The molecule has 29 heavy (non-hydrogen) atoms. The molecule has 1 aliphatic carbocycles. The van der Waals surface area contributed by atoms with Crippen LogP contribution in [0.1, 0.15) is 23.2 Å². The van der Waals surface area contributed by atoms with Gasteiger partial charge >= 0.3 is 6.09 Å². The molecule has 2 heterocycles. The summed E-state index contributed by atoms with van der Waals surface area (Å²) in [6, 6.07) is 6.51. The minimum absolute atomic E-state index is 0.168. The van der Waals surface area contributed by atoms with Crippen molar-refractivity contribution in [1.29, 1.82) is 0 Å². The first-order valence-corrected chi connectivity index (χ1v) is 11.7. The minimum atomic E-state index is -3.31. The van der Waals surface area contributed by atoms with Gasteiger partial charge < -0.3 is 10.5 Å². The van der Waals surface area contributed by atoms with E-state index < -0.39 is 27.5 Å². The van der Waals surface area contributed by atoms with Gasteiger partial charge in [0.2, 0.25) is 0 Å². The Morgan fingerprint density at radius 3 is 2.41 bits per heavy atom. The van der Waals surface area contributed by atoms with Crippen molar-refractivity contribution in [3.8, 4) is 11.3 Å². The lowest BCUT2D eigenvalue weighted by Gasteiger charge is -2.40. The van der Waals surface area contributed by atoms with Crippen LogP contribution in [-0.4, -0.2) is 42.2 Å². The van der Waals surface area contributed by atoms with Gasteiger partial charge in [0.1, 0.15) is 5.69 Å². The van der Waals surface area contributed by atoms with E-state index >= 15 is 0 Å². The molecule has 2 aromatic rings. The van der Waals surface area contributed by atoms with Crippen LogP contribution < -0.4 is 5.73 Å². The van der Waals surface area contributed by atoms with Crippen LogP contribution in [0.3, 0.4) is 0 Å². The Balaban J connectivity index is 1.74. The SMILES string of the molecule is CSc1nc(-c2ccc(C3(OC(N)=O)CS(=O)(=O)C3)cc2)c2c(n1)C(F)(F)CC2. The summed E-state index contributed by atoms with van der Waals surface area (Å²) in [7, 11) is -3.31. The molecule has 154 valence electrons. The molecular weight excluding hydrogens is 424 g/mol. The Hall–Kier alpha value is -2.27. The first-order valence-electron chi connectivity index (χ1n) is 8.68.